The first-order valence-electron chi connectivity index (χ1n) is 6.18. The number of halogens is 4. The van der Waals surface area contributed by atoms with Crippen molar-refractivity contribution in [3.05, 3.63) is 63.9 Å². The Hall–Kier alpha value is -1.49. The van der Waals surface area contributed by atoms with Crippen LogP contribution in [0.4, 0.5) is 18.9 Å². The number of anilines is 1. The summed E-state index contributed by atoms with van der Waals surface area (Å²) in [5.41, 5.74) is 0.576. The summed E-state index contributed by atoms with van der Waals surface area (Å²) in [6.45, 7) is 1.86. The molecule has 5 heteroatoms. The molecule has 1 unspecified atom stereocenters. The molecule has 1 N–H and O–H groups in total. The van der Waals surface area contributed by atoms with Crippen LogP contribution in [0.3, 0.4) is 0 Å². The molecule has 0 fully saturated rings. The van der Waals surface area contributed by atoms with E-state index < -0.39 is 17.7 Å². The van der Waals surface area contributed by atoms with Gasteiger partial charge in [0.2, 0.25) is 0 Å². The van der Waals surface area contributed by atoms with Gasteiger partial charge in [0.15, 0.2) is 0 Å². The lowest BCUT2D eigenvalue weighted by molar-refractivity contribution is 0.572. The monoisotopic (exact) mass is 343 g/mol. The lowest BCUT2D eigenvalue weighted by Gasteiger charge is -2.20. The quantitative estimate of drug-likeness (QED) is 0.780. The van der Waals surface area contributed by atoms with Crippen molar-refractivity contribution in [1.82, 2.24) is 0 Å². The Balaban J connectivity index is 2.35. The molecule has 2 rings (SSSR count). The van der Waals surface area contributed by atoms with Crippen molar-refractivity contribution in [2.24, 2.45) is 0 Å². The first kappa shape index (κ1) is 14.9. The highest BCUT2D eigenvalue weighted by Gasteiger charge is 2.17. The molecular weight excluding hydrogens is 331 g/mol. The van der Waals surface area contributed by atoms with Gasteiger partial charge in [-0.1, -0.05) is 25.1 Å². The van der Waals surface area contributed by atoms with Gasteiger partial charge in [0.05, 0.1) is 11.7 Å². The Bertz CT molecular complexity index is 593. The molecule has 0 aliphatic carbocycles. The second kappa shape index (κ2) is 6.31. The van der Waals surface area contributed by atoms with E-state index >= 15 is 0 Å². The molecule has 0 saturated heterocycles. The number of hydrogen-bond acceptors (Lipinski definition) is 1. The van der Waals surface area contributed by atoms with Crippen LogP contribution in [0.15, 0.2) is 40.9 Å². The molecule has 0 bridgehead atoms. The Kier molecular flexibility index (Phi) is 4.70. The summed E-state index contributed by atoms with van der Waals surface area (Å²) in [6.07, 6.45) is 0.560. The van der Waals surface area contributed by atoms with Crippen LogP contribution in [-0.2, 0) is 0 Å². The molecule has 0 radical (unpaired) electrons. The molecule has 2 aromatic rings. The van der Waals surface area contributed by atoms with E-state index in [0.717, 1.165) is 6.07 Å². The zero-order valence-corrected chi connectivity index (χ0v) is 12.3. The fraction of sp³-hybridized carbons (Fsp3) is 0.200. The first-order chi connectivity index (χ1) is 9.52. The summed E-state index contributed by atoms with van der Waals surface area (Å²) >= 11 is 3.11. The van der Waals surface area contributed by atoms with Crippen molar-refractivity contribution in [3.63, 3.8) is 0 Å². The summed E-state index contributed by atoms with van der Waals surface area (Å²) in [6, 6.07) is 7.88. The summed E-state index contributed by atoms with van der Waals surface area (Å²) in [7, 11) is 0. The fourth-order valence-corrected chi connectivity index (χ4v) is 2.53. The van der Waals surface area contributed by atoms with Crippen molar-refractivity contribution >= 4 is 21.6 Å². The van der Waals surface area contributed by atoms with Crippen LogP contribution in [0.1, 0.15) is 24.9 Å². The van der Waals surface area contributed by atoms with Gasteiger partial charge in [-0.2, -0.15) is 0 Å². The van der Waals surface area contributed by atoms with Crippen LogP contribution in [-0.4, -0.2) is 0 Å². The third-order valence-electron chi connectivity index (χ3n) is 3.01. The molecule has 20 heavy (non-hydrogen) atoms. The highest BCUT2D eigenvalue weighted by Crippen LogP contribution is 2.32. The molecule has 0 saturated carbocycles. The second-order valence-electron chi connectivity index (χ2n) is 4.37. The molecule has 0 spiro atoms. The lowest BCUT2D eigenvalue weighted by atomic mass is 10.0. The molecule has 0 amide bonds. The maximum atomic E-state index is 13.8. The molecule has 2 aromatic carbocycles. The van der Waals surface area contributed by atoms with Gasteiger partial charge in [-0.05, 0) is 34.5 Å². The van der Waals surface area contributed by atoms with Crippen LogP contribution in [0.25, 0.3) is 0 Å². The van der Waals surface area contributed by atoms with Crippen molar-refractivity contribution < 1.29 is 13.2 Å². The average Bonchev–Trinajstić information content (AvgIpc) is 2.39. The zero-order valence-electron chi connectivity index (χ0n) is 10.8. The van der Waals surface area contributed by atoms with Crippen molar-refractivity contribution in [2.45, 2.75) is 19.4 Å². The summed E-state index contributed by atoms with van der Waals surface area (Å²) in [5, 5.41) is 2.92. The summed E-state index contributed by atoms with van der Waals surface area (Å²) < 4.78 is 40.9. The van der Waals surface area contributed by atoms with E-state index in [4.69, 9.17) is 0 Å². The van der Waals surface area contributed by atoms with Crippen molar-refractivity contribution in [3.8, 4) is 0 Å². The predicted molar refractivity (Wildman–Crippen MR) is 77.1 cm³/mol. The molecule has 1 nitrogen and oxygen atoms in total. The van der Waals surface area contributed by atoms with Gasteiger partial charge in [0.25, 0.3) is 0 Å². The minimum atomic E-state index is -0.716. The van der Waals surface area contributed by atoms with Gasteiger partial charge >= 0.3 is 0 Å². The third kappa shape index (κ3) is 3.15. The number of hydrogen-bond donors (Lipinski definition) is 1. The van der Waals surface area contributed by atoms with E-state index in [1.165, 1.54) is 12.1 Å². The smallest absolute Gasteiger partial charge is 0.150 e. The van der Waals surface area contributed by atoms with E-state index in [1.807, 2.05) is 6.92 Å². The first-order valence-corrected chi connectivity index (χ1v) is 6.97. The number of nitrogens with one attached hydrogen (secondary N) is 1. The Morgan fingerprint density at radius 3 is 2.40 bits per heavy atom. The van der Waals surface area contributed by atoms with Gasteiger partial charge in [-0.25, -0.2) is 13.2 Å². The second-order valence-corrected chi connectivity index (χ2v) is 5.23. The molecule has 1 atom stereocenters. The van der Waals surface area contributed by atoms with Crippen molar-refractivity contribution in [1.29, 1.82) is 0 Å². The van der Waals surface area contributed by atoms with Crippen LogP contribution >= 0.6 is 15.9 Å². The normalized spacial score (nSPS) is 12.2. The maximum Gasteiger partial charge on any atom is 0.150 e. The van der Waals surface area contributed by atoms with Crippen molar-refractivity contribution in [2.75, 3.05) is 5.32 Å². The summed E-state index contributed by atoms with van der Waals surface area (Å²) in [4.78, 5) is 0. The van der Waals surface area contributed by atoms with Crippen LogP contribution in [0, 0.1) is 17.5 Å². The minimum Gasteiger partial charge on any atom is -0.375 e. The Morgan fingerprint density at radius 2 is 1.80 bits per heavy atom. The molecule has 0 aliphatic heterocycles. The Morgan fingerprint density at radius 1 is 1.10 bits per heavy atom. The van der Waals surface area contributed by atoms with E-state index in [9.17, 15) is 13.2 Å². The largest absolute Gasteiger partial charge is 0.375 e. The maximum absolute atomic E-state index is 13.8. The summed E-state index contributed by atoms with van der Waals surface area (Å²) in [5.74, 6) is -1.74. The van der Waals surface area contributed by atoms with Crippen LogP contribution in [0.2, 0.25) is 0 Å². The zero-order chi connectivity index (χ0) is 14.7. The molecule has 0 heterocycles. The highest BCUT2D eigenvalue weighted by molar-refractivity contribution is 9.10. The molecular formula is C15H13BrF3N. The number of rotatable bonds is 4. The Labute approximate surface area is 123 Å². The van der Waals surface area contributed by atoms with Crippen LogP contribution in [0.5, 0.6) is 0 Å². The van der Waals surface area contributed by atoms with Gasteiger partial charge < -0.3 is 5.32 Å². The van der Waals surface area contributed by atoms with Gasteiger partial charge in [0, 0.05) is 16.1 Å². The topological polar surface area (TPSA) is 12.0 Å². The number of benzene rings is 2. The van der Waals surface area contributed by atoms with Gasteiger partial charge in [-0.15, -0.1) is 0 Å². The lowest BCUT2D eigenvalue weighted by Crippen LogP contribution is -2.13. The molecule has 0 aliphatic rings. The van der Waals surface area contributed by atoms with E-state index in [2.05, 4.69) is 21.2 Å². The van der Waals surface area contributed by atoms with Gasteiger partial charge in [-0.3, -0.25) is 0 Å². The van der Waals surface area contributed by atoms with Crippen LogP contribution < -0.4 is 5.32 Å². The van der Waals surface area contributed by atoms with E-state index in [-0.39, 0.29) is 16.0 Å². The average molecular weight is 344 g/mol. The predicted octanol–water partition coefficient (Wildman–Crippen LogP) is 5.43. The molecule has 0 aromatic heterocycles. The molecule has 106 valence electrons. The minimum absolute atomic E-state index is 0.126. The van der Waals surface area contributed by atoms with E-state index in [1.54, 1.807) is 18.2 Å². The third-order valence-corrected chi connectivity index (χ3v) is 3.64. The van der Waals surface area contributed by atoms with E-state index in [0.29, 0.717) is 12.0 Å². The SMILES string of the molecule is CCC(Nc1c(F)cc(F)cc1Br)c1ccccc1F. The fourth-order valence-electron chi connectivity index (χ4n) is 2.01. The standard InChI is InChI=1S/C15H13BrF3N/c1-2-14(10-5-3-4-6-12(10)18)20-15-11(16)7-9(17)8-13(15)19/h3-8,14,20H,2H2,1H3. The van der Waals surface area contributed by atoms with Gasteiger partial charge in [0.1, 0.15) is 17.5 Å². The highest BCUT2D eigenvalue weighted by atomic mass is 79.9.